The van der Waals surface area contributed by atoms with E-state index in [4.69, 9.17) is 0 Å². The van der Waals surface area contributed by atoms with Crippen LogP contribution in [0.3, 0.4) is 0 Å². The number of imidazole rings is 1. The molecule has 4 rings (SSSR count). The molecule has 3 N–H and O–H groups in total. The van der Waals surface area contributed by atoms with Gasteiger partial charge in [0, 0.05) is 11.1 Å². The topological polar surface area (TPSA) is 104 Å². The van der Waals surface area contributed by atoms with E-state index in [2.05, 4.69) is 25.3 Å². The molecular weight excluding hydrogens is 419 g/mol. The number of halogens is 3. The number of alkyl halides is 3. The molecule has 0 bridgehead atoms. The highest BCUT2D eigenvalue weighted by Crippen LogP contribution is 2.33. The van der Waals surface area contributed by atoms with Crippen LogP contribution in [0.5, 0.6) is 0 Å². The zero-order valence-corrected chi connectivity index (χ0v) is 16.2. The molecule has 30 heavy (non-hydrogen) atoms. The van der Waals surface area contributed by atoms with Crippen LogP contribution < -0.4 is 11.0 Å². The molecule has 0 aliphatic rings. The minimum Gasteiger partial charge on any atom is -0.325 e. The van der Waals surface area contributed by atoms with Crippen molar-refractivity contribution in [1.82, 2.24) is 19.9 Å². The lowest BCUT2D eigenvalue weighted by molar-refractivity contribution is -0.145. The summed E-state index contributed by atoms with van der Waals surface area (Å²) in [5.74, 6) is -1.67. The minimum atomic E-state index is -4.70. The van der Waals surface area contributed by atoms with Crippen molar-refractivity contribution in [2.75, 3.05) is 5.32 Å². The number of benzene rings is 2. The maximum Gasteiger partial charge on any atom is 0.451 e. The van der Waals surface area contributed by atoms with Crippen molar-refractivity contribution >= 4 is 45.3 Å². The first-order valence-corrected chi connectivity index (χ1v) is 9.62. The first-order chi connectivity index (χ1) is 14.2. The first kappa shape index (κ1) is 20.0. The van der Waals surface area contributed by atoms with Gasteiger partial charge in [-0.05, 0) is 31.2 Å². The number of thioether (sulfide) groups is 1. The number of hydrogen-bond acceptors (Lipinski definition) is 5. The molecule has 2 heterocycles. The van der Waals surface area contributed by atoms with Gasteiger partial charge in [-0.25, -0.2) is 14.8 Å². The van der Waals surface area contributed by atoms with E-state index in [1.807, 2.05) is 0 Å². The van der Waals surface area contributed by atoms with E-state index in [0.29, 0.717) is 22.1 Å². The van der Waals surface area contributed by atoms with Gasteiger partial charge in [0.2, 0.25) is 11.7 Å². The van der Waals surface area contributed by atoms with Crippen molar-refractivity contribution in [3.8, 4) is 0 Å². The summed E-state index contributed by atoms with van der Waals surface area (Å²) in [4.78, 5) is 36.4. The second-order valence-corrected chi connectivity index (χ2v) is 7.79. The van der Waals surface area contributed by atoms with Gasteiger partial charge in [-0.15, -0.1) is 0 Å². The number of amides is 1. The summed E-state index contributed by atoms with van der Waals surface area (Å²) in [6.45, 7) is 1.57. The number of nitrogens with one attached hydrogen (secondary N) is 3. The lowest BCUT2D eigenvalue weighted by Crippen LogP contribution is -2.22. The molecule has 0 saturated carbocycles. The van der Waals surface area contributed by atoms with E-state index in [-0.39, 0.29) is 16.2 Å². The third-order valence-corrected chi connectivity index (χ3v) is 5.37. The predicted octanol–water partition coefficient (Wildman–Crippen LogP) is 3.94. The number of aromatic nitrogens is 4. The molecule has 0 fully saturated rings. The molecule has 1 amide bonds. The number of carbonyl (C=O) groups is 1. The van der Waals surface area contributed by atoms with Crippen LogP contribution in [-0.2, 0) is 11.0 Å². The number of hydrogen-bond donors (Lipinski definition) is 3. The van der Waals surface area contributed by atoms with E-state index in [1.54, 1.807) is 43.3 Å². The van der Waals surface area contributed by atoms with Gasteiger partial charge in [0.05, 0.1) is 21.8 Å². The van der Waals surface area contributed by atoms with E-state index in [0.717, 1.165) is 11.8 Å². The highest BCUT2D eigenvalue weighted by molar-refractivity contribution is 8.00. The third kappa shape index (κ3) is 4.01. The van der Waals surface area contributed by atoms with Crippen molar-refractivity contribution < 1.29 is 18.0 Å². The maximum absolute atomic E-state index is 13.2. The van der Waals surface area contributed by atoms with Crippen LogP contribution in [0.4, 0.5) is 18.9 Å². The van der Waals surface area contributed by atoms with Gasteiger partial charge < -0.3 is 15.3 Å². The lowest BCUT2D eigenvalue weighted by Gasteiger charge is -2.14. The van der Waals surface area contributed by atoms with Crippen molar-refractivity contribution in [1.29, 1.82) is 0 Å². The molecule has 1 unspecified atom stereocenters. The molecule has 1 atom stereocenters. The average molecular weight is 433 g/mol. The van der Waals surface area contributed by atoms with Gasteiger partial charge in [-0.2, -0.15) is 13.2 Å². The molecule has 154 valence electrons. The summed E-state index contributed by atoms with van der Waals surface area (Å²) in [5.41, 5.74) is 1.34. The Bertz CT molecular complexity index is 1320. The lowest BCUT2D eigenvalue weighted by atomic mass is 10.2. The summed E-state index contributed by atoms with van der Waals surface area (Å²) < 4.78 is 39.5. The quantitative estimate of drug-likeness (QED) is 0.334. The average Bonchev–Trinajstić information content (AvgIpc) is 3.06. The van der Waals surface area contributed by atoms with Gasteiger partial charge in [0.15, 0.2) is 0 Å². The number of rotatable bonds is 4. The van der Waals surface area contributed by atoms with Crippen LogP contribution in [0.25, 0.3) is 21.9 Å². The van der Waals surface area contributed by atoms with E-state index in [1.165, 1.54) is 6.07 Å². The summed E-state index contributed by atoms with van der Waals surface area (Å²) in [6.07, 6.45) is -4.70. The Kier molecular flexibility index (Phi) is 4.98. The standard InChI is InChI=1S/C19H14F3N5O2S/c1-9(15(28)23-10-6-7-13-14(8-10)26-18(29)25-13)30-16-11-4-2-3-5-12(11)24-17(27-16)19(20,21)22/h2-9H,1H3,(H,23,28)(H2,25,26,29). The van der Waals surface area contributed by atoms with Crippen molar-refractivity contribution in [2.24, 2.45) is 0 Å². The molecule has 7 nitrogen and oxygen atoms in total. The number of nitrogens with zero attached hydrogens (tertiary/aromatic N) is 2. The van der Waals surface area contributed by atoms with Crippen LogP contribution in [0.15, 0.2) is 52.3 Å². The normalized spacial score (nSPS) is 12.9. The Balaban J connectivity index is 1.59. The van der Waals surface area contributed by atoms with Crippen molar-refractivity contribution in [2.45, 2.75) is 23.4 Å². The van der Waals surface area contributed by atoms with E-state index in [9.17, 15) is 22.8 Å². The van der Waals surface area contributed by atoms with Crippen molar-refractivity contribution in [3.63, 3.8) is 0 Å². The Hall–Kier alpha value is -3.34. The number of aromatic amines is 2. The number of H-pyrrole nitrogens is 2. The number of fused-ring (bicyclic) bond motifs is 2. The van der Waals surface area contributed by atoms with Gasteiger partial charge >= 0.3 is 11.9 Å². The van der Waals surface area contributed by atoms with Gasteiger partial charge in [0.1, 0.15) is 5.03 Å². The summed E-state index contributed by atoms with van der Waals surface area (Å²) >= 11 is 0.911. The highest BCUT2D eigenvalue weighted by Gasteiger charge is 2.36. The molecular formula is C19H14F3N5O2S. The second kappa shape index (κ2) is 7.48. The summed E-state index contributed by atoms with van der Waals surface area (Å²) in [7, 11) is 0. The summed E-state index contributed by atoms with van der Waals surface area (Å²) in [6, 6.07) is 11.2. The molecule has 4 aromatic rings. The second-order valence-electron chi connectivity index (χ2n) is 6.46. The molecule has 0 radical (unpaired) electrons. The molecule has 0 spiro atoms. The third-order valence-electron chi connectivity index (χ3n) is 4.26. The number of carbonyl (C=O) groups excluding carboxylic acids is 1. The van der Waals surface area contributed by atoms with Gasteiger partial charge in [-0.1, -0.05) is 30.0 Å². The summed E-state index contributed by atoms with van der Waals surface area (Å²) in [5, 5.41) is 2.45. The molecule has 2 aromatic heterocycles. The molecule has 2 aromatic carbocycles. The van der Waals surface area contributed by atoms with Crippen LogP contribution in [0, 0.1) is 0 Å². The Morgan fingerprint density at radius 3 is 2.60 bits per heavy atom. The fourth-order valence-corrected chi connectivity index (χ4v) is 3.78. The maximum atomic E-state index is 13.2. The van der Waals surface area contributed by atoms with E-state index < -0.39 is 23.2 Å². The fraction of sp³-hybridized carbons (Fsp3) is 0.158. The molecule has 11 heteroatoms. The first-order valence-electron chi connectivity index (χ1n) is 8.74. The van der Waals surface area contributed by atoms with Crippen LogP contribution in [-0.4, -0.2) is 31.1 Å². The molecule has 0 saturated heterocycles. The Morgan fingerprint density at radius 1 is 1.10 bits per heavy atom. The molecule has 0 aliphatic heterocycles. The SMILES string of the molecule is CC(Sc1nc(C(F)(F)F)nc2ccccc12)C(=O)Nc1ccc2[nH]c(=O)[nH]c2c1. The van der Waals surface area contributed by atoms with Crippen LogP contribution >= 0.6 is 11.8 Å². The smallest absolute Gasteiger partial charge is 0.325 e. The van der Waals surface area contributed by atoms with Gasteiger partial charge in [-0.3, -0.25) is 4.79 Å². The van der Waals surface area contributed by atoms with E-state index >= 15 is 0 Å². The Morgan fingerprint density at radius 2 is 1.83 bits per heavy atom. The zero-order valence-electron chi connectivity index (χ0n) is 15.4. The van der Waals surface area contributed by atoms with Crippen molar-refractivity contribution in [3.05, 3.63) is 58.8 Å². The largest absolute Gasteiger partial charge is 0.451 e. The highest BCUT2D eigenvalue weighted by atomic mass is 32.2. The number of para-hydroxylation sites is 1. The van der Waals surface area contributed by atoms with Crippen LogP contribution in [0.1, 0.15) is 12.7 Å². The predicted molar refractivity (Wildman–Crippen MR) is 107 cm³/mol. The Labute approximate surface area is 171 Å². The fourth-order valence-electron chi connectivity index (χ4n) is 2.84. The zero-order chi connectivity index (χ0) is 21.5. The van der Waals surface area contributed by atoms with Gasteiger partial charge in [0.25, 0.3) is 0 Å². The molecule has 0 aliphatic carbocycles. The number of anilines is 1. The monoisotopic (exact) mass is 433 g/mol. The van der Waals surface area contributed by atoms with Crippen LogP contribution in [0.2, 0.25) is 0 Å². The minimum absolute atomic E-state index is 0.0704.